The van der Waals surface area contributed by atoms with Gasteiger partial charge in [-0.2, -0.15) is 0 Å². The molecule has 5 heteroatoms. The van der Waals surface area contributed by atoms with E-state index in [-0.39, 0.29) is 0 Å². The molecule has 0 amide bonds. The number of ether oxygens (including phenoxy) is 1. The molecule has 2 aromatic rings. The van der Waals surface area contributed by atoms with Gasteiger partial charge in [-0.15, -0.1) is 11.6 Å². The van der Waals surface area contributed by atoms with Gasteiger partial charge in [0.15, 0.2) is 0 Å². The summed E-state index contributed by atoms with van der Waals surface area (Å²) >= 11 is 19.0. The number of aryl methyl sites for hydroxylation is 1. The fraction of sp³-hybridized carbons (Fsp3) is 0.200. The predicted octanol–water partition coefficient (Wildman–Crippen LogP) is 6.49. The van der Waals surface area contributed by atoms with Crippen LogP contribution in [0, 0.1) is 6.92 Å². The number of rotatable bonds is 4. The van der Waals surface area contributed by atoms with Crippen LogP contribution in [0.1, 0.15) is 16.7 Å². The van der Waals surface area contributed by atoms with Gasteiger partial charge in [0, 0.05) is 25.1 Å². The number of alkyl halides is 1. The lowest BCUT2D eigenvalue weighted by atomic mass is 10.1. The van der Waals surface area contributed by atoms with Gasteiger partial charge in [-0.1, -0.05) is 49.5 Å². The molecule has 0 atom stereocenters. The predicted molar refractivity (Wildman–Crippen MR) is 91.9 cm³/mol. The molecule has 1 nitrogen and oxygen atoms in total. The highest BCUT2D eigenvalue weighted by Crippen LogP contribution is 2.31. The lowest BCUT2D eigenvalue weighted by molar-refractivity contribution is 0.301. The van der Waals surface area contributed by atoms with Crippen molar-refractivity contribution in [2.75, 3.05) is 0 Å². The third-order valence-electron chi connectivity index (χ3n) is 2.85. The molecule has 0 fully saturated rings. The molecule has 0 N–H and O–H groups in total. The van der Waals surface area contributed by atoms with Crippen molar-refractivity contribution < 1.29 is 4.74 Å². The summed E-state index contributed by atoms with van der Waals surface area (Å²) in [5.41, 5.74) is 2.95. The van der Waals surface area contributed by atoms with Crippen molar-refractivity contribution >= 4 is 55.1 Å². The van der Waals surface area contributed by atoms with Gasteiger partial charge in [0.2, 0.25) is 0 Å². The molecule has 0 aliphatic rings. The molecule has 0 radical (unpaired) electrons. The van der Waals surface area contributed by atoms with Crippen LogP contribution < -0.4 is 4.74 Å². The van der Waals surface area contributed by atoms with Crippen LogP contribution in [0.25, 0.3) is 0 Å². The van der Waals surface area contributed by atoms with Gasteiger partial charge >= 0.3 is 0 Å². The third-order valence-corrected chi connectivity index (χ3v) is 4.44. The lowest BCUT2D eigenvalue weighted by Gasteiger charge is -2.14. The van der Waals surface area contributed by atoms with E-state index in [1.54, 1.807) is 0 Å². The SMILES string of the molecule is Cc1cc(Br)cc(CCl)c1OCc1ccc(Br)cc1Cl. The second-order valence-electron chi connectivity index (χ2n) is 4.37. The molecule has 0 spiro atoms. The summed E-state index contributed by atoms with van der Waals surface area (Å²) in [5.74, 6) is 1.23. The molecule has 0 aliphatic heterocycles. The zero-order valence-corrected chi connectivity index (χ0v) is 15.4. The second-order valence-corrected chi connectivity index (χ2v) is 6.87. The van der Waals surface area contributed by atoms with Crippen LogP contribution in [-0.4, -0.2) is 0 Å². The smallest absolute Gasteiger partial charge is 0.127 e. The van der Waals surface area contributed by atoms with Crippen molar-refractivity contribution in [3.63, 3.8) is 0 Å². The van der Waals surface area contributed by atoms with E-state index >= 15 is 0 Å². The van der Waals surface area contributed by atoms with Crippen molar-refractivity contribution in [2.24, 2.45) is 0 Å². The van der Waals surface area contributed by atoms with Crippen molar-refractivity contribution in [3.8, 4) is 5.75 Å². The van der Waals surface area contributed by atoms with E-state index in [0.717, 1.165) is 31.4 Å². The molecule has 0 bridgehead atoms. The Labute approximate surface area is 145 Å². The second kappa shape index (κ2) is 7.17. The fourth-order valence-corrected chi connectivity index (χ4v) is 3.44. The Balaban J connectivity index is 2.22. The highest BCUT2D eigenvalue weighted by molar-refractivity contribution is 9.10. The summed E-state index contributed by atoms with van der Waals surface area (Å²) in [7, 11) is 0. The van der Waals surface area contributed by atoms with Crippen LogP contribution in [0.2, 0.25) is 5.02 Å². The maximum Gasteiger partial charge on any atom is 0.127 e. The van der Waals surface area contributed by atoms with E-state index in [9.17, 15) is 0 Å². The third kappa shape index (κ3) is 3.91. The molecule has 2 aromatic carbocycles. The van der Waals surface area contributed by atoms with E-state index < -0.39 is 0 Å². The zero-order chi connectivity index (χ0) is 14.7. The average Bonchev–Trinajstić information content (AvgIpc) is 2.38. The number of hydrogen-bond donors (Lipinski definition) is 0. The fourth-order valence-electron chi connectivity index (χ4n) is 1.89. The molecule has 0 aliphatic carbocycles. The average molecular weight is 439 g/mol. The highest BCUT2D eigenvalue weighted by Gasteiger charge is 2.10. The molecule has 20 heavy (non-hydrogen) atoms. The van der Waals surface area contributed by atoms with E-state index in [4.69, 9.17) is 27.9 Å². The number of benzene rings is 2. The first-order chi connectivity index (χ1) is 9.51. The molecule has 0 heterocycles. The Bertz CT molecular complexity index is 630. The first-order valence-electron chi connectivity index (χ1n) is 5.93. The van der Waals surface area contributed by atoms with E-state index in [1.165, 1.54) is 0 Å². The Hall–Kier alpha value is -0.220. The minimum absolute atomic E-state index is 0.406. The maximum absolute atomic E-state index is 6.19. The minimum Gasteiger partial charge on any atom is -0.488 e. The van der Waals surface area contributed by atoms with Gasteiger partial charge in [-0.05, 0) is 36.8 Å². The molecular weight excluding hydrogens is 427 g/mol. The maximum atomic E-state index is 6.19. The van der Waals surface area contributed by atoms with Crippen LogP contribution in [0.5, 0.6) is 5.75 Å². The van der Waals surface area contributed by atoms with E-state index in [0.29, 0.717) is 17.5 Å². The Morgan fingerprint density at radius 2 is 1.80 bits per heavy atom. The molecule has 0 unspecified atom stereocenters. The van der Waals surface area contributed by atoms with E-state index in [1.807, 2.05) is 37.3 Å². The van der Waals surface area contributed by atoms with Gasteiger partial charge in [0.25, 0.3) is 0 Å². The summed E-state index contributed by atoms with van der Waals surface area (Å²) in [5, 5.41) is 0.682. The number of halogens is 4. The van der Waals surface area contributed by atoms with Crippen molar-refractivity contribution in [1.29, 1.82) is 0 Å². The molecule has 2 rings (SSSR count). The first-order valence-corrected chi connectivity index (χ1v) is 8.43. The van der Waals surface area contributed by atoms with Gasteiger partial charge in [-0.3, -0.25) is 0 Å². The van der Waals surface area contributed by atoms with Gasteiger partial charge in [0.05, 0.1) is 5.88 Å². The molecule has 0 aromatic heterocycles. The molecule has 0 saturated heterocycles. The Morgan fingerprint density at radius 1 is 1.05 bits per heavy atom. The van der Waals surface area contributed by atoms with Crippen molar-refractivity contribution in [1.82, 2.24) is 0 Å². The summed E-state index contributed by atoms with van der Waals surface area (Å²) in [6, 6.07) is 9.73. The molecule has 0 saturated carbocycles. The molecule has 106 valence electrons. The zero-order valence-electron chi connectivity index (χ0n) is 10.7. The topological polar surface area (TPSA) is 9.23 Å². The van der Waals surface area contributed by atoms with Crippen LogP contribution in [0.15, 0.2) is 39.3 Å². The van der Waals surface area contributed by atoms with E-state index in [2.05, 4.69) is 31.9 Å². The number of hydrogen-bond acceptors (Lipinski definition) is 1. The lowest BCUT2D eigenvalue weighted by Crippen LogP contribution is -2.00. The van der Waals surface area contributed by atoms with Gasteiger partial charge in [0.1, 0.15) is 12.4 Å². The van der Waals surface area contributed by atoms with Gasteiger partial charge in [-0.25, -0.2) is 0 Å². The standard InChI is InChI=1S/C15H12Br2Cl2O/c1-9-4-13(17)5-11(7-18)15(9)20-8-10-2-3-12(16)6-14(10)19/h2-6H,7-8H2,1H3. The van der Waals surface area contributed by atoms with Crippen LogP contribution in [-0.2, 0) is 12.5 Å². The largest absolute Gasteiger partial charge is 0.488 e. The van der Waals surface area contributed by atoms with Gasteiger partial charge < -0.3 is 4.74 Å². The highest BCUT2D eigenvalue weighted by atomic mass is 79.9. The summed E-state index contributed by atoms with van der Waals surface area (Å²) < 4.78 is 7.87. The minimum atomic E-state index is 0.406. The Morgan fingerprint density at radius 3 is 2.45 bits per heavy atom. The Kier molecular flexibility index (Phi) is 5.79. The van der Waals surface area contributed by atoms with Crippen molar-refractivity contribution in [3.05, 3.63) is 61.0 Å². The quantitative estimate of drug-likeness (QED) is 0.495. The van der Waals surface area contributed by atoms with Crippen LogP contribution in [0.3, 0.4) is 0 Å². The van der Waals surface area contributed by atoms with Crippen LogP contribution in [0.4, 0.5) is 0 Å². The normalized spacial score (nSPS) is 10.7. The summed E-state index contributed by atoms with van der Waals surface area (Å²) in [6.45, 7) is 2.41. The molecular formula is C15H12Br2Cl2O. The summed E-state index contributed by atoms with van der Waals surface area (Å²) in [4.78, 5) is 0. The van der Waals surface area contributed by atoms with Crippen molar-refractivity contribution in [2.45, 2.75) is 19.4 Å². The first kappa shape index (κ1) is 16.2. The van der Waals surface area contributed by atoms with Crippen LogP contribution >= 0.6 is 55.1 Å². The summed E-state index contributed by atoms with van der Waals surface area (Å²) in [6.07, 6.45) is 0. The monoisotopic (exact) mass is 436 g/mol.